The fourth-order valence-electron chi connectivity index (χ4n) is 2.15. The molecular weight excluding hydrogens is 299 g/mol. The fraction of sp³-hybridized carbons (Fsp3) is 0.235. The maximum atomic E-state index is 13.8. The van der Waals surface area contributed by atoms with Crippen molar-refractivity contribution < 1.29 is 9.18 Å². The van der Waals surface area contributed by atoms with E-state index in [1.165, 1.54) is 11.0 Å². The number of anilines is 1. The number of benzene rings is 2. The number of nitrogens with one attached hydrogen (secondary N) is 1. The molecule has 0 radical (unpaired) electrons. The second-order valence-corrected chi connectivity index (χ2v) is 5.79. The van der Waals surface area contributed by atoms with Gasteiger partial charge in [0.1, 0.15) is 5.82 Å². The van der Waals surface area contributed by atoms with Crippen molar-refractivity contribution in [3.63, 3.8) is 0 Å². The highest BCUT2D eigenvalue weighted by Gasteiger charge is 2.20. The molecule has 0 spiro atoms. The molecule has 2 aromatic carbocycles. The number of hydrogen-bond donors (Lipinski definition) is 1. The molecule has 0 aliphatic carbocycles. The number of rotatable bonds is 4. The normalized spacial score (nSPS) is 11.8. The van der Waals surface area contributed by atoms with Gasteiger partial charge in [-0.15, -0.1) is 11.8 Å². The Morgan fingerprint density at radius 1 is 1.18 bits per heavy atom. The second kappa shape index (κ2) is 7.31. The van der Waals surface area contributed by atoms with Gasteiger partial charge in [0.25, 0.3) is 0 Å². The summed E-state index contributed by atoms with van der Waals surface area (Å²) in [5, 5.41) is 2.88. The third-order valence-corrected chi connectivity index (χ3v) is 4.40. The topological polar surface area (TPSA) is 32.3 Å². The van der Waals surface area contributed by atoms with Gasteiger partial charge in [-0.1, -0.05) is 30.3 Å². The quantitative estimate of drug-likeness (QED) is 0.823. The van der Waals surface area contributed by atoms with Gasteiger partial charge >= 0.3 is 6.03 Å². The largest absolute Gasteiger partial charge is 0.322 e. The van der Waals surface area contributed by atoms with E-state index in [0.717, 1.165) is 10.6 Å². The number of hydrogen-bond acceptors (Lipinski definition) is 2. The molecule has 2 rings (SSSR count). The number of amides is 2. The molecule has 0 bridgehead atoms. The summed E-state index contributed by atoms with van der Waals surface area (Å²) in [6.07, 6.45) is 1.96. The number of carbonyl (C=O) groups excluding carboxylic acids is 1. The summed E-state index contributed by atoms with van der Waals surface area (Å²) in [4.78, 5) is 14.9. The van der Waals surface area contributed by atoms with Crippen LogP contribution in [0.3, 0.4) is 0 Å². The van der Waals surface area contributed by atoms with Crippen molar-refractivity contribution in [3.8, 4) is 0 Å². The lowest BCUT2D eigenvalue weighted by Crippen LogP contribution is -2.34. The average Bonchev–Trinajstić information content (AvgIpc) is 2.54. The zero-order chi connectivity index (χ0) is 16.1. The molecule has 3 nitrogen and oxygen atoms in total. The maximum Gasteiger partial charge on any atom is 0.322 e. The molecule has 0 heterocycles. The van der Waals surface area contributed by atoms with Crippen molar-refractivity contribution in [2.24, 2.45) is 0 Å². The van der Waals surface area contributed by atoms with E-state index in [2.05, 4.69) is 5.32 Å². The van der Waals surface area contributed by atoms with Crippen LogP contribution in [0.2, 0.25) is 0 Å². The monoisotopic (exact) mass is 318 g/mol. The van der Waals surface area contributed by atoms with E-state index in [9.17, 15) is 9.18 Å². The van der Waals surface area contributed by atoms with E-state index in [4.69, 9.17) is 0 Å². The molecule has 1 atom stereocenters. The standard InChI is InChI=1S/C17H19FN2OS/c1-12(13-8-4-5-9-14(13)18)20(2)17(21)19-15-10-6-7-11-16(15)22-3/h4-12H,1-3H3,(H,19,21). The Labute approximate surface area is 134 Å². The van der Waals surface area contributed by atoms with Crippen LogP contribution >= 0.6 is 11.8 Å². The summed E-state index contributed by atoms with van der Waals surface area (Å²) in [7, 11) is 1.66. The van der Waals surface area contributed by atoms with Crippen molar-refractivity contribution in [3.05, 3.63) is 59.9 Å². The van der Waals surface area contributed by atoms with Crippen LogP contribution < -0.4 is 5.32 Å². The van der Waals surface area contributed by atoms with E-state index in [1.54, 1.807) is 43.9 Å². The Balaban J connectivity index is 2.14. The smallest absolute Gasteiger partial charge is 0.321 e. The van der Waals surface area contributed by atoms with Gasteiger partial charge in [0, 0.05) is 17.5 Å². The van der Waals surface area contributed by atoms with Crippen LogP contribution in [0.15, 0.2) is 53.4 Å². The summed E-state index contributed by atoms with van der Waals surface area (Å²) >= 11 is 1.56. The maximum absolute atomic E-state index is 13.8. The molecule has 0 saturated carbocycles. The molecule has 0 fully saturated rings. The van der Waals surface area contributed by atoms with E-state index in [0.29, 0.717) is 5.56 Å². The first kappa shape index (κ1) is 16.4. The first-order chi connectivity index (χ1) is 10.5. The van der Waals surface area contributed by atoms with Gasteiger partial charge in [0.2, 0.25) is 0 Å². The van der Waals surface area contributed by atoms with E-state index < -0.39 is 0 Å². The summed E-state index contributed by atoms with van der Waals surface area (Å²) < 4.78 is 13.8. The Hall–Kier alpha value is -2.01. The lowest BCUT2D eigenvalue weighted by molar-refractivity contribution is 0.207. The Bertz CT molecular complexity index is 663. The molecule has 1 N–H and O–H groups in total. The third kappa shape index (κ3) is 3.60. The van der Waals surface area contributed by atoms with Gasteiger partial charge in [-0.05, 0) is 31.4 Å². The van der Waals surface area contributed by atoms with Crippen molar-refractivity contribution in [1.82, 2.24) is 4.90 Å². The highest BCUT2D eigenvalue weighted by atomic mass is 32.2. The highest BCUT2D eigenvalue weighted by Crippen LogP contribution is 2.26. The minimum Gasteiger partial charge on any atom is -0.321 e. The number of carbonyl (C=O) groups is 1. The SMILES string of the molecule is CSc1ccccc1NC(=O)N(C)C(C)c1ccccc1F. The highest BCUT2D eigenvalue weighted by molar-refractivity contribution is 7.98. The summed E-state index contributed by atoms with van der Waals surface area (Å²) in [6, 6.07) is 13.5. The number of thioether (sulfide) groups is 1. The van der Waals surface area contributed by atoms with E-state index >= 15 is 0 Å². The van der Waals surface area contributed by atoms with Crippen molar-refractivity contribution in [2.75, 3.05) is 18.6 Å². The Morgan fingerprint density at radius 3 is 2.50 bits per heavy atom. The van der Waals surface area contributed by atoms with Crippen LogP contribution in [-0.4, -0.2) is 24.2 Å². The van der Waals surface area contributed by atoms with Gasteiger partial charge in [-0.3, -0.25) is 0 Å². The summed E-state index contributed by atoms with van der Waals surface area (Å²) in [5.74, 6) is -0.306. The molecule has 0 aliphatic heterocycles. The fourth-order valence-corrected chi connectivity index (χ4v) is 2.70. The van der Waals surface area contributed by atoms with Gasteiger partial charge in [0.05, 0.1) is 11.7 Å². The molecule has 0 aromatic heterocycles. The van der Waals surface area contributed by atoms with Crippen molar-refractivity contribution in [1.29, 1.82) is 0 Å². The second-order valence-electron chi connectivity index (χ2n) is 4.94. The van der Waals surface area contributed by atoms with Crippen LogP contribution in [0.4, 0.5) is 14.9 Å². The average molecular weight is 318 g/mol. The van der Waals surface area contributed by atoms with Gasteiger partial charge < -0.3 is 10.2 Å². The van der Waals surface area contributed by atoms with Crippen molar-refractivity contribution >= 4 is 23.5 Å². The zero-order valence-corrected chi connectivity index (χ0v) is 13.7. The number of nitrogens with zero attached hydrogens (tertiary/aromatic N) is 1. The number of halogens is 1. The molecule has 2 amide bonds. The lowest BCUT2D eigenvalue weighted by atomic mass is 10.1. The Kier molecular flexibility index (Phi) is 5.44. The summed E-state index contributed by atoms with van der Waals surface area (Å²) in [5.41, 5.74) is 1.26. The first-order valence-corrected chi connectivity index (χ1v) is 8.18. The molecule has 2 aromatic rings. The molecule has 22 heavy (non-hydrogen) atoms. The van der Waals surface area contributed by atoms with Crippen LogP contribution in [0.5, 0.6) is 0 Å². The number of urea groups is 1. The third-order valence-electron chi connectivity index (χ3n) is 3.61. The molecular formula is C17H19FN2OS. The molecule has 0 aliphatic rings. The zero-order valence-electron chi connectivity index (χ0n) is 12.8. The Morgan fingerprint density at radius 2 is 1.82 bits per heavy atom. The molecule has 116 valence electrons. The van der Waals surface area contributed by atoms with Crippen LogP contribution in [-0.2, 0) is 0 Å². The van der Waals surface area contributed by atoms with E-state index in [1.807, 2.05) is 30.5 Å². The van der Waals surface area contributed by atoms with Crippen LogP contribution in [0.25, 0.3) is 0 Å². The minimum atomic E-state index is -0.359. The molecule has 0 saturated heterocycles. The van der Waals surface area contributed by atoms with Crippen molar-refractivity contribution in [2.45, 2.75) is 17.9 Å². The lowest BCUT2D eigenvalue weighted by Gasteiger charge is -2.26. The van der Waals surface area contributed by atoms with Gasteiger partial charge in [-0.25, -0.2) is 9.18 Å². The van der Waals surface area contributed by atoms with Gasteiger partial charge in [-0.2, -0.15) is 0 Å². The minimum absolute atomic E-state index is 0.266. The van der Waals surface area contributed by atoms with E-state index in [-0.39, 0.29) is 17.9 Å². The number of para-hydroxylation sites is 1. The first-order valence-electron chi connectivity index (χ1n) is 6.96. The predicted octanol–water partition coefficient (Wildman–Crippen LogP) is 4.77. The molecule has 5 heteroatoms. The molecule has 1 unspecified atom stereocenters. The van der Waals surface area contributed by atoms with Crippen LogP contribution in [0.1, 0.15) is 18.5 Å². The van der Waals surface area contributed by atoms with Crippen LogP contribution in [0, 0.1) is 5.82 Å². The van der Waals surface area contributed by atoms with Gasteiger partial charge in [0.15, 0.2) is 0 Å². The summed E-state index contributed by atoms with van der Waals surface area (Å²) in [6.45, 7) is 1.80. The predicted molar refractivity (Wildman–Crippen MR) is 89.8 cm³/mol.